The van der Waals surface area contributed by atoms with Gasteiger partial charge in [-0.05, 0) is 24.3 Å². The van der Waals surface area contributed by atoms with Crippen molar-refractivity contribution >= 4 is 17.1 Å². The van der Waals surface area contributed by atoms with E-state index in [1.54, 1.807) is 30.3 Å². The van der Waals surface area contributed by atoms with Crippen LogP contribution < -0.4 is 11.1 Å². The number of nitrogen functional groups attached to an aromatic ring is 1. The van der Waals surface area contributed by atoms with Crippen LogP contribution in [0.25, 0.3) is 0 Å². The number of nitro groups is 1. The van der Waals surface area contributed by atoms with Crippen LogP contribution in [0.15, 0.2) is 42.5 Å². The van der Waals surface area contributed by atoms with Crippen LogP contribution in [0.4, 0.5) is 17.1 Å². The number of nitrogens with one attached hydrogen (secondary N) is 1. The van der Waals surface area contributed by atoms with E-state index in [1.807, 2.05) is 0 Å². The zero-order valence-corrected chi connectivity index (χ0v) is 10.0. The summed E-state index contributed by atoms with van der Waals surface area (Å²) >= 11 is 0. The molecule has 0 spiro atoms. The monoisotopic (exact) mass is 259 g/mol. The van der Waals surface area contributed by atoms with Crippen LogP contribution in [0.1, 0.15) is 5.56 Å². The van der Waals surface area contributed by atoms with E-state index in [2.05, 4.69) is 5.32 Å². The van der Waals surface area contributed by atoms with Gasteiger partial charge >= 0.3 is 0 Å². The number of anilines is 2. The van der Waals surface area contributed by atoms with Crippen LogP contribution in [0, 0.1) is 10.1 Å². The minimum absolute atomic E-state index is 0.0348. The van der Waals surface area contributed by atoms with Gasteiger partial charge in [0.2, 0.25) is 0 Å². The first-order chi connectivity index (χ1) is 9.08. The molecule has 6 nitrogen and oxygen atoms in total. The molecule has 2 aromatic rings. The Bertz CT molecular complexity index is 576. The van der Waals surface area contributed by atoms with Crippen molar-refractivity contribution in [1.82, 2.24) is 0 Å². The van der Waals surface area contributed by atoms with E-state index in [4.69, 9.17) is 5.73 Å². The summed E-state index contributed by atoms with van der Waals surface area (Å²) in [5.74, 6) is 0.120. The van der Waals surface area contributed by atoms with E-state index in [1.165, 1.54) is 12.1 Å². The first-order valence-corrected chi connectivity index (χ1v) is 5.62. The number of rotatable bonds is 4. The Kier molecular flexibility index (Phi) is 3.51. The Morgan fingerprint density at radius 3 is 2.47 bits per heavy atom. The summed E-state index contributed by atoms with van der Waals surface area (Å²) in [6, 6.07) is 11.0. The van der Waals surface area contributed by atoms with Crippen LogP contribution in [0.2, 0.25) is 0 Å². The second-order valence-electron chi connectivity index (χ2n) is 4.00. The molecule has 0 amide bonds. The fourth-order valence-electron chi connectivity index (χ4n) is 1.68. The molecule has 19 heavy (non-hydrogen) atoms. The van der Waals surface area contributed by atoms with Crippen molar-refractivity contribution < 1.29 is 10.0 Å². The summed E-state index contributed by atoms with van der Waals surface area (Å²) in [5.41, 5.74) is 7.60. The second-order valence-corrected chi connectivity index (χ2v) is 4.00. The van der Waals surface area contributed by atoms with Gasteiger partial charge < -0.3 is 16.2 Å². The molecular formula is C13H13N3O3. The number of benzene rings is 2. The molecule has 4 N–H and O–H groups in total. The molecule has 0 aromatic heterocycles. The molecule has 0 fully saturated rings. The zero-order chi connectivity index (χ0) is 13.8. The number of phenols is 1. The van der Waals surface area contributed by atoms with Crippen molar-refractivity contribution in [3.05, 3.63) is 58.1 Å². The van der Waals surface area contributed by atoms with Gasteiger partial charge in [0, 0.05) is 35.6 Å². The predicted octanol–water partition coefficient (Wildman–Crippen LogP) is 2.49. The van der Waals surface area contributed by atoms with Crippen LogP contribution in [-0.2, 0) is 6.54 Å². The molecule has 2 rings (SSSR count). The molecule has 0 unspecified atom stereocenters. The van der Waals surface area contributed by atoms with Gasteiger partial charge in [0.1, 0.15) is 5.75 Å². The van der Waals surface area contributed by atoms with E-state index in [0.717, 1.165) is 0 Å². The van der Waals surface area contributed by atoms with E-state index in [9.17, 15) is 15.2 Å². The lowest BCUT2D eigenvalue weighted by Gasteiger charge is -2.10. The highest BCUT2D eigenvalue weighted by Gasteiger charge is 2.06. The number of hydrogen-bond acceptors (Lipinski definition) is 5. The molecule has 0 aliphatic heterocycles. The molecule has 0 aliphatic rings. The van der Waals surface area contributed by atoms with E-state index >= 15 is 0 Å². The number of non-ortho nitro benzene ring substituents is 1. The predicted molar refractivity (Wildman–Crippen MR) is 72.9 cm³/mol. The third-order valence-corrected chi connectivity index (χ3v) is 2.73. The van der Waals surface area contributed by atoms with Crippen LogP contribution >= 0.6 is 0 Å². The molecule has 98 valence electrons. The largest absolute Gasteiger partial charge is 0.508 e. The highest BCUT2D eigenvalue weighted by molar-refractivity contribution is 5.56. The average molecular weight is 259 g/mol. The Labute approximate surface area is 109 Å². The summed E-state index contributed by atoms with van der Waals surface area (Å²) in [6.45, 7) is 0.344. The zero-order valence-electron chi connectivity index (χ0n) is 10.0. The highest BCUT2D eigenvalue weighted by atomic mass is 16.6. The van der Waals surface area contributed by atoms with E-state index in [-0.39, 0.29) is 11.4 Å². The van der Waals surface area contributed by atoms with Gasteiger partial charge in [-0.3, -0.25) is 10.1 Å². The molecule has 0 radical (unpaired) electrons. The lowest BCUT2D eigenvalue weighted by molar-refractivity contribution is -0.384. The van der Waals surface area contributed by atoms with Gasteiger partial charge in [0.15, 0.2) is 0 Å². The standard InChI is InChI=1S/C13H13N3O3/c14-12-2-1-3-13(17)11(12)8-15-9-4-6-10(7-5-9)16(18)19/h1-7,15,17H,8,14H2. The summed E-state index contributed by atoms with van der Waals surface area (Å²) < 4.78 is 0. The van der Waals surface area contributed by atoms with E-state index < -0.39 is 4.92 Å². The smallest absolute Gasteiger partial charge is 0.269 e. The third kappa shape index (κ3) is 2.92. The lowest BCUT2D eigenvalue weighted by Crippen LogP contribution is -2.03. The molecule has 2 aromatic carbocycles. The third-order valence-electron chi connectivity index (χ3n) is 2.73. The number of nitro benzene ring substituents is 1. The van der Waals surface area contributed by atoms with E-state index in [0.29, 0.717) is 23.5 Å². The minimum atomic E-state index is -0.454. The first kappa shape index (κ1) is 12.7. The van der Waals surface area contributed by atoms with Gasteiger partial charge in [-0.25, -0.2) is 0 Å². The van der Waals surface area contributed by atoms with Crippen LogP contribution in [0.5, 0.6) is 5.75 Å². The summed E-state index contributed by atoms with van der Waals surface area (Å²) in [4.78, 5) is 10.1. The Morgan fingerprint density at radius 1 is 1.21 bits per heavy atom. The summed E-state index contributed by atoms with van der Waals surface area (Å²) in [7, 11) is 0. The maximum atomic E-state index is 10.5. The molecule has 0 bridgehead atoms. The summed E-state index contributed by atoms with van der Waals surface area (Å²) in [6.07, 6.45) is 0. The van der Waals surface area contributed by atoms with Gasteiger partial charge in [-0.1, -0.05) is 6.07 Å². The average Bonchev–Trinajstić information content (AvgIpc) is 2.38. The van der Waals surface area contributed by atoms with Crippen molar-refractivity contribution in [3.63, 3.8) is 0 Å². The fourth-order valence-corrected chi connectivity index (χ4v) is 1.68. The molecule has 6 heteroatoms. The number of nitrogens with zero attached hydrogens (tertiary/aromatic N) is 1. The maximum absolute atomic E-state index is 10.5. The van der Waals surface area contributed by atoms with Crippen LogP contribution in [-0.4, -0.2) is 10.0 Å². The number of hydrogen-bond donors (Lipinski definition) is 3. The molecule has 0 atom stereocenters. The highest BCUT2D eigenvalue weighted by Crippen LogP contribution is 2.24. The number of nitrogens with two attached hydrogens (primary N) is 1. The first-order valence-electron chi connectivity index (χ1n) is 5.62. The SMILES string of the molecule is Nc1cccc(O)c1CNc1ccc([N+](=O)[O-])cc1. The molecule has 0 saturated carbocycles. The van der Waals surface area contributed by atoms with Gasteiger partial charge in [0.25, 0.3) is 5.69 Å². The van der Waals surface area contributed by atoms with Gasteiger partial charge in [0.05, 0.1) is 4.92 Å². The normalized spacial score (nSPS) is 10.1. The van der Waals surface area contributed by atoms with Crippen LogP contribution in [0.3, 0.4) is 0 Å². The Morgan fingerprint density at radius 2 is 1.89 bits per heavy atom. The quantitative estimate of drug-likeness (QED) is 0.445. The maximum Gasteiger partial charge on any atom is 0.269 e. The molecule has 0 aliphatic carbocycles. The van der Waals surface area contributed by atoms with Crippen molar-refractivity contribution in [2.24, 2.45) is 0 Å². The topological polar surface area (TPSA) is 101 Å². The van der Waals surface area contributed by atoms with Crippen molar-refractivity contribution in [1.29, 1.82) is 0 Å². The van der Waals surface area contributed by atoms with Gasteiger partial charge in [-0.2, -0.15) is 0 Å². The Balaban J connectivity index is 2.08. The number of aromatic hydroxyl groups is 1. The van der Waals surface area contributed by atoms with Crippen molar-refractivity contribution in [2.45, 2.75) is 6.54 Å². The lowest BCUT2D eigenvalue weighted by atomic mass is 10.1. The second kappa shape index (κ2) is 5.26. The minimum Gasteiger partial charge on any atom is -0.508 e. The fraction of sp³-hybridized carbons (Fsp3) is 0.0769. The van der Waals surface area contributed by atoms with Crippen molar-refractivity contribution in [2.75, 3.05) is 11.1 Å². The summed E-state index contributed by atoms with van der Waals surface area (Å²) in [5, 5.41) is 23.2. The van der Waals surface area contributed by atoms with Gasteiger partial charge in [-0.15, -0.1) is 0 Å². The Hall–Kier alpha value is -2.76. The molecular weight excluding hydrogens is 246 g/mol. The molecule has 0 saturated heterocycles. The van der Waals surface area contributed by atoms with Crippen molar-refractivity contribution in [3.8, 4) is 5.75 Å². The molecule has 0 heterocycles. The number of phenolic OH excluding ortho intramolecular Hbond substituents is 1.